The molecule has 21 heavy (non-hydrogen) atoms. The SMILES string of the molecule is C/C=C/CCN=C(NCC)N1CCN(C(=O)OCC)CC1. The number of allylic oxidation sites excluding steroid dienone is 1. The molecule has 0 aromatic rings. The molecule has 1 amide bonds. The standard InChI is InChI=1S/C15H28N4O2/c1-4-7-8-9-17-14(16-5-2)18-10-12-19(13-11-18)15(20)21-6-3/h4,7H,5-6,8-13H2,1-3H3,(H,16,17)/b7-4+. The summed E-state index contributed by atoms with van der Waals surface area (Å²) in [6.07, 6.45) is 4.90. The lowest BCUT2D eigenvalue weighted by atomic mass is 10.3. The molecule has 0 spiro atoms. The van der Waals surface area contributed by atoms with Crippen LogP contribution in [0.25, 0.3) is 0 Å². The summed E-state index contributed by atoms with van der Waals surface area (Å²) in [6, 6.07) is 0. The quantitative estimate of drug-likeness (QED) is 0.363. The molecule has 1 aliphatic rings. The van der Waals surface area contributed by atoms with E-state index in [2.05, 4.69) is 28.2 Å². The molecule has 1 saturated heterocycles. The Bertz CT molecular complexity index is 361. The van der Waals surface area contributed by atoms with Crippen molar-refractivity contribution in [2.75, 3.05) is 45.9 Å². The monoisotopic (exact) mass is 296 g/mol. The van der Waals surface area contributed by atoms with Gasteiger partial charge < -0.3 is 19.9 Å². The van der Waals surface area contributed by atoms with Crippen molar-refractivity contribution >= 4 is 12.1 Å². The Labute approximate surface area is 127 Å². The maximum atomic E-state index is 11.7. The first-order valence-electron chi connectivity index (χ1n) is 7.79. The van der Waals surface area contributed by atoms with Crippen molar-refractivity contribution in [3.05, 3.63) is 12.2 Å². The van der Waals surface area contributed by atoms with Crippen molar-refractivity contribution in [1.82, 2.24) is 15.1 Å². The van der Waals surface area contributed by atoms with Gasteiger partial charge >= 0.3 is 6.09 Å². The summed E-state index contributed by atoms with van der Waals surface area (Å²) in [5.41, 5.74) is 0. The molecule has 0 unspecified atom stereocenters. The lowest BCUT2D eigenvalue weighted by Crippen LogP contribution is -2.53. The highest BCUT2D eigenvalue weighted by atomic mass is 16.6. The number of guanidine groups is 1. The average molecular weight is 296 g/mol. The molecule has 1 N–H and O–H groups in total. The fraction of sp³-hybridized carbons (Fsp3) is 0.733. The molecule has 1 aliphatic heterocycles. The minimum atomic E-state index is -0.216. The van der Waals surface area contributed by atoms with Gasteiger partial charge in [-0.15, -0.1) is 0 Å². The van der Waals surface area contributed by atoms with Gasteiger partial charge in [-0.1, -0.05) is 12.2 Å². The average Bonchev–Trinajstić information content (AvgIpc) is 2.51. The number of hydrogen-bond donors (Lipinski definition) is 1. The Morgan fingerprint density at radius 3 is 2.48 bits per heavy atom. The first-order chi connectivity index (χ1) is 10.2. The first kappa shape index (κ1) is 17.3. The molecular weight excluding hydrogens is 268 g/mol. The fourth-order valence-corrected chi connectivity index (χ4v) is 2.15. The molecule has 0 saturated carbocycles. The van der Waals surface area contributed by atoms with Crippen molar-refractivity contribution in [2.45, 2.75) is 27.2 Å². The molecule has 0 aromatic heterocycles. The summed E-state index contributed by atoms with van der Waals surface area (Å²) in [4.78, 5) is 20.3. The number of piperazine rings is 1. The number of aliphatic imine (C=N–C) groups is 1. The van der Waals surface area contributed by atoms with Crippen LogP contribution in [0.2, 0.25) is 0 Å². The van der Waals surface area contributed by atoms with Gasteiger partial charge in [0.15, 0.2) is 5.96 Å². The zero-order valence-electron chi connectivity index (χ0n) is 13.5. The summed E-state index contributed by atoms with van der Waals surface area (Å²) in [6.45, 7) is 10.9. The van der Waals surface area contributed by atoms with E-state index in [1.165, 1.54) is 0 Å². The predicted octanol–water partition coefficient (Wildman–Crippen LogP) is 1.69. The van der Waals surface area contributed by atoms with Crippen LogP contribution in [-0.2, 0) is 4.74 Å². The lowest BCUT2D eigenvalue weighted by Gasteiger charge is -2.35. The second-order valence-corrected chi connectivity index (χ2v) is 4.77. The van der Waals surface area contributed by atoms with E-state index in [1.54, 1.807) is 4.90 Å². The summed E-state index contributed by atoms with van der Waals surface area (Å²) in [5, 5.41) is 3.32. The third-order valence-electron chi connectivity index (χ3n) is 3.23. The Kier molecular flexibility index (Phi) is 8.31. The second-order valence-electron chi connectivity index (χ2n) is 4.77. The van der Waals surface area contributed by atoms with Gasteiger partial charge in [-0.25, -0.2) is 4.79 Å². The van der Waals surface area contributed by atoms with Gasteiger partial charge in [0.1, 0.15) is 0 Å². The zero-order valence-corrected chi connectivity index (χ0v) is 13.5. The van der Waals surface area contributed by atoms with Crippen molar-refractivity contribution in [3.63, 3.8) is 0 Å². The van der Waals surface area contributed by atoms with E-state index < -0.39 is 0 Å². The second kappa shape index (κ2) is 10.1. The number of ether oxygens (including phenoxy) is 1. The third kappa shape index (κ3) is 6.06. The Morgan fingerprint density at radius 2 is 1.90 bits per heavy atom. The van der Waals surface area contributed by atoms with Crippen LogP contribution < -0.4 is 5.32 Å². The van der Waals surface area contributed by atoms with Crippen LogP contribution in [0.5, 0.6) is 0 Å². The Balaban J connectivity index is 2.49. The first-order valence-corrected chi connectivity index (χ1v) is 7.79. The molecule has 1 fully saturated rings. The van der Waals surface area contributed by atoms with Crippen LogP contribution >= 0.6 is 0 Å². The van der Waals surface area contributed by atoms with Crippen LogP contribution in [-0.4, -0.2) is 67.7 Å². The summed E-state index contributed by atoms with van der Waals surface area (Å²) in [7, 11) is 0. The van der Waals surface area contributed by atoms with Crippen molar-refractivity contribution in [3.8, 4) is 0 Å². The molecule has 6 nitrogen and oxygen atoms in total. The normalized spacial score (nSPS) is 16.4. The number of nitrogens with zero attached hydrogens (tertiary/aromatic N) is 3. The van der Waals surface area contributed by atoms with Crippen LogP contribution in [0, 0.1) is 0 Å². The highest BCUT2D eigenvalue weighted by molar-refractivity contribution is 5.80. The molecule has 0 aliphatic carbocycles. The molecule has 0 radical (unpaired) electrons. The molecule has 0 atom stereocenters. The maximum absolute atomic E-state index is 11.7. The smallest absolute Gasteiger partial charge is 0.409 e. The number of hydrogen-bond acceptors (Lipinski definition) is 3. The van der Waals surface area contributed by atoms with Crippen molar-refractivity contribution in [2.24, 2.45) is 4.99 Å². The minimum Gasteiger partial charge on any atom is -0.450 e. The Morgan fingerprint density at radius 1 is 1.24 bits per heavy atom. The number of amides is 1. The number of carbonyl (C=O) groups is 1. The van der Waals surface area contributed by atoms with Gasteiger partial charge in [0.2, 0.25) is 0 Å². The van der Waals surface area contributed by atoms with Gasteiger partial charge in [-0.2, -0.15) is 0 Å². The van der Waals surface area contributed by atoms with Crippen LogP contribution in [0.15, 0.2) is 17.1 Å². The summed E-state index contributed by atoms with van der Waals surface area (Å²) in [5.74, 6) is 0.936. The summed E-state index contributed by atoms with van der Waals surface area (Å²) >= 11 is 0. The topological polar surface area (TPSA) is 57.2 Å². The van der Waals surface area contributed by atoms with E-state index >= 15 is 0 Å². The fourth-order valence-electron chi connectivity index (χ4n) is 2.15. The van der Waals surface area contributed by atoms with E-state index in [1.807, 2.05) is 19.9 Å². The third-order valence-corrected chi connectivity index (χ3v) is 3.23. The van der Waals surface area contributed by atoms with Crippen LogP contribution in [0.4, 0.5) is 4.79 Å². The van der Waals surface area contributed by atoms with Gasteiger partial charge in [0.05, 0.1) is 6.61 Å². The van der Waals surface area contributed by atoms with Crippen molar-refractivity contribution < 1.29 is 9.53 Å². The van der Waals surface area contributed by atoms with Crippen LogP contribution in [0.1, 0.15) is 27.2 Å². The molecular formula is C15H28N4O2. The highest BCUT2D eigenvalue weighted by Crippen LogP contribution is 2.04. The number of nitrogens with one attached hydrogen (secondary N) is 1. The predicted molar refractivity (Wildman–Crippen MR) is 85.6 cm³/mol. The van der Waals surface area contributed by atoms with Crippen molar-refractivity contribution in [1.29, 1.82) is 0 Å². The van der Waals surface area contributed by atoms with Gasteiger partial charge in [0, 0.05) is 39.3 Å². The lowest BCUT2D eigenvalue weighted by molar-refractivity contribution is 0.0914. The number of carbonyl (C=O) groups excluding carboxylic acids is 1. The molecule has 0 aromatic carbocycles. The van der Waals surface area contributed by atoms with Crippen LogP contribution in [0.3, 0.4) is 0 Å². The van der Waals surface area contributed by atoms with E-state index in [-0.39, 0.29) is 6.09 Å². The largest absolute Gasteiger partial charge is 0.450 e. The molecule has 120 valence electrons. The van der Waals surface area contributed by atoms with Gasteiger partial charge in [-0.05, 0) is 27.2 Å². The molecule has 0 bridgehead atoms. The molecule has 6 heteroatoms. The summed E-state index contributed by atoms with van der Waals surface area (Å²) < 4.78 is 5.03. The van der Waals surface area contributed by atoms with Gasteiger partial charge in [-0.3, -0.25) is 4.99 Å². The van der Waals surface area contributed by atoms with E-state index in [4.69, 9.17) is 4.74 Å². The van der Waals surface area contributed by atoms with E-state index in [0.717, 1.165) is 38.6 Å². The maximum Gasteiger partial charge on any atom is 0.409 e. The molecule has 1 rings (SSSR count). The number of rotatable bonds is 5. The highest BCUT2D eigenvalue weighted by Gasteiger charge is 2.23. The van der Waals surface area contributed by atoms with Gasteiger partial charge in [0.25, 0.3) is 0 Å². The van der Waals surface area contributed by atoms with E-state index in [0.29, 0.717) is 19.7 Å². The zero-order chi connectivity index (χ0) is 15.5. The Hall–Kier alpha value is -1.72. The molecule has 1 heterocycles. The van der Waals surface area contributed by atoms with E-state index in [9.17, 15) is 4.79 Å². The minimum absolute atomic E-state index is 0.216.